The van der Waals surface area contributed by atoms with Crippen LogP contribution in [0.15, 0.2) is 42.6 Å². The first-order valence-corrected chi connectivity index (χ1v) is 6.09. The maximum atomic E-state index is 5.71. The molecule has 0 atom stereocenters. The van der Waals surface area contributed by atoms with E-state index in [0.717, 1.165) is 17.1 Å². The van der Waals surface area contributed by atoms with Gasteiger partial charge in [0.05, 0.1) is 6.61 Å². The normalized spacial score (nSPS) is 10.0. The Hall–Kier alpha value is -2.27. The fourth-order valence-electron chi connectivity index (χ4n) is 1.67. The number of anilines is 1. The predicted molar refractivity (Wildman–Crippen MR) is 74.0 cm³/mol. The molecule has 0 amide bonds. The average Bonchev–Trinajstić information content (AvgIpc) is 2.46. The van der Waals surface area contributed by atoms with Crippen LogP contribution in [-0.4, -0.2) is 11.6 Å². The van der Waals surface area contributed by atoms with Crippen molar-refractivity contribution < 1.29 is 9.47 Å². The largest absolute Gasteiger partial charge is 0.494 e. The van der Waals surface area contributed by atoms with Crippen LogP contribution >= 0.6 is 0 Å². The Balaban J connectivity index is 2.03. The molecular weight excluding hydrogens is 242 g/mol. The summed E-state index contributed by atoms with van der Waals surface area (Å²) in [5.41, 5.74) is 3.44. The lowest BCUT2D eigenvalue weighted by Crippen LogP contribution is -2.12. The molecule has 0 saturated carbocycles. The second kappa shape index (κ2) is 6.61. The lowest BCUT2D eigenvalue weighted by Gasteiger charge is -2.10. The van der Waals surface area contributed by atoms with Gasteiger partial charge in [-0.3, -0.25) is 0 Å². The summed E-state index contributed by atoms with van der Waals surface area (Å²) >= 11 is 0. The van der Waals surface area contributed by atoms with E-state index in [-0.39, 0.29) is 0 Å². The van der Waals surface area contributed by atoms with Gasteiger partial charge in [-0.2, -0.15) is 0 Å². The molecule has 100 valence electrons. The van der Waals surface area contributed by atoms with Gasteiger partial charge in [0.15, 0.2) is 0 Å². The van der Waals surface area contributed by atoms with Gasteiger partial charge in [0, 0.05) is 17.8 Å². The first-order valence-electron chi connectivity index (χ1n) is 6.09. The fraction of sp³-hybridized carbons (Fsp3) is 0.214. The molecule has 0 unspecified atom stereocenters. The first kappa shape index (κ1) is 13.2. The molecule has 0 saturated heterocycles. The van der Waals surface area contributed by atoms with Gasteiger partial charge < -0.3 is 14.9 Å². The van der Waals surface area contributed by atoms with E-state index in [2.05, 4.69) is 10.4 Å². The standard InChI is InChI=1S/C14H17N3O2/c1-2-18-12-6-3-7-13(9-12)19-10-11-5-4-8-16-14(11)17-15/h3-9H,2,10,15H2,1H3,(H,16,17). The van der Waals surface area contributed by atoms with Crippen LogP contribution in [0.25, 0.3) is 0 Å². The molecule has 2 rings (SSSR count). The molecule has 0 aliphatic heterocycles. The smallest absolute Gasteiger partial charge is 0.146 e. The van der Waals surface area contributed by atoms with Crippen LogP contribution in [0.1, 0.15) is 12.5 Å². The highest BCUT2D eigenvalue weighted by Gasteiger charge is 2.03. The molecule has 0 aliphatic carbocycles. The molecule has 19 heavy (non-hydrogen) atoms. The Bertz CT molecular complexity index is 532. The second-order valence-electron chi connectivity index (χ2n) is 3.85. The summed E-state index contributed by atoms with van der Waals surface area (Å²) in [5, 5.41) is 0. The van der Waals surface area contributed by atoms with Crippen molar-refractivity contribution in [3.05, 3.63) is 48.2 Å². The van der Waals surface area contributed by atoms with E-state index in [9.17, 15) is 0 Å². The highest BCUT2D eigenvalue weighted by molar-refractivity contribution is 5.42. The zero-order valence-corrected chi connectivity index (χ0v) is 10.8. The van der Waals surface area contributed by atoms with E-state index >= 15 is 0 Å². The first-order chi connectivity index (χ1) is 9.33. The number of ether oxygens (including phenoxy) is 2. The molecule has 1 aromatic heterocycles. The number of hydrazine groups is 1. The van der Waals surface area contributed by atoms with Gasteiger partial charge in [0.25, 0.3) is 0 Å². The van der Waals surface area contributed by atoms with Crippen molar-refractivity contribution in [1.82, 2.24) is 4.98 Å². The van der Waals surface area contributed by atoms with Crippen LogP contribution in [-0.2, 0) is 6.61 Å². The number of benzene rings is 1. The monoisotopic (exact) mass is 259 g/mol. The minimum Gasteiger partial charge on any atom is -0.494 e. The molecule has 0 fully saturated rings. The van der Waals surface area contributed by atoms with Crippen LogP contribution in [0, 0.1) is 0 Å². The van der Waals surface area contributed by atoms with Crippen molar-refractivity contribution in [2.75, 3.05) is 12.0 Å². The zero-order valence-electron chi connectivity index (χ0n) is 10.8. The second-order valence-corrected chi connectivity index (χ2v) is 3.85. The van der Waals surface area contributed by atoms with Crippen molar-refractivity contribution >= 4 is 5.82 Å². The molecule has 0 radical (unpaired) electrons. The zero-order chi connectivity index (χ0) is 13.5. The molecule has 1 aromatic carbocycles. The van der Waals surface area contributed by atoms with Gasteiger partial charge in [-0.25, -0.2) is 10.8 Å². The molecule has 5 heteroatoms. The molecule has 2 aromatic rings. The molecule has 0 aliphatic rings. The Labute approximate surface area is 112 Å². The van der Waals surface area contributed by atoms with Gasteiger partial charge in [-0.05, 0) is 25.1 Å². The quantitative estimate of drug-likeness (QED) is 0.615. The van der Waals surface area contributed by atoms with E-state index in [1.165, 1.54) is 0 Å². The van der Waals surface area contributed by atoms with Crippen molar-refractivity contribution in [3.63, 3.8) is 0 Å². The lowest BCUT2D eigenvalue weighted by molar-refractivity contribution is 0.300. The minimum absolute atomic E-state index is 0.392. The number of nitrogens with one attached hydrogen (secondary N) is 1. The summed E-state index contributed by atoms with van der Waals surface area (Å²) in [6.07, 6.45) is 1.68. The number of nitrogen functional groups attached to an aromatic ring is 1. The summed E-state index contributed by atoms with van der Waals surface area (Å²) in [6, 6.07) is 11.3. The van der Waals surface area contributed by atoms with Gasteiger partial charge in [-0.1, -0.05) is 12.1 Å². The highest BCUT2D eigenvalue weighted by atomic mass is 16.5. The van der Waals surface area contributed by atoms with E-state index < -0.39 is 0 Å². The Morgan fingerprint density at radius 1 is 1.16 bits per heavy atom. The van der Waals surface area contributed by atoms with E-state index in [4.69, 9.17) is 15.3 Å². The Kier molecular flexibility index (Phi) is 4.58. The Morgan fingerprint density at radius 2 is 1.95 bits per heavy atom. The van der Waals surface area contributed by atoms with Crippen LogP contribution in [0.2, 0.25) is 0 Å². The SMILES string of the molecule is CCOc1cccc(OCc2cccnc2NN)c1. The average molecular weight is 259 g/mol. The van der Waals surface area contributed by atoms with Crippen LogP contribution in [0.5, 0.6) is 11.5 Å². The number of aromatic nitrogens is 1. The summed E-state index contributed by atoms with van der Waals surface area (Å²) in [4.78, 5) is 4.12. The summed E-state index contributed by atoms with van der Waals surface area (Å²) < 4.78 is 11.1. The van der Waals surface area contributed by atoms with Gasteiger partial charge in [-0.15, -0.1) is 0 Å². The molecule has 3 N–H and O–H groups in total. The number of nitrogens with two attached hydrogens (primary N) is 1. The maximum Gasteiger partial charge on any atom is 0.146 e. The molecule has 0 spiro atoms. The number of hydrogen-bond donors (Lipinski definition) is 2. The molecule has 1 heterocycles. The van der Waals surface area contributed by atoms with Crippen molar-refractivity contribution in [3.8, 4) is 11.5 Å². The number of nitrogens with zero attached hydrogens (tertiary/aromatic N) is 1. The van der Waals surface area contributed by atoms with Crippen molar-refractivity contribution in [2.45, 2.75) is 13.5 Å². The fourth-order valence-corrected chi connectivity index (χ4v) is 1.67. The summed E-state index contributed by atoms with van der Waals surface area (Å²) in [6.45, 7) is 2.97. The summed E-state index contributed by atoms with van der Waals surface area (Å²) in [5.74, 6) is 7.55. The molecule has 5 nitrogen and oxygen atoms in total. The minimum atomic E-state index is 0.392. The molecular formula is C14H17N3O2. The van der Waals surface area contributed by atoms with Gasteiger partial charge in [0.1, 0.15) is 23.9 Å². The topological polar surface area (TPSA) is 69.4 Å². The van der Waals surface area contributed by atoms with Crippen molar-refractivity contribution in [1.29, 1.82) is 0 Å². The van der Waals surface area contributed by atoms with E-state index in [0.29, 0.717) is 19.0 Å². The Morgan fingerprint density at radius 3 is 2.68 bits per heavy atom. The van der Waals surface area contributed by atoms with Gasteiger partial charge >= 0.3 is 0 Å². The number of hydrogen-bond acceptors (Lipinski definition) is 5. The highest BCUT2D eigenvalue weighted by Crippen LogP contribution is 2.21. The third-order valence-electron chi connectivity index (χ3n) is 2.54. The third-order valence-corrected chi connectivity index (χ3v) is 2.54. The summed E-state index contributed by atoms with van der Waals surface area (Å²) in [7, 11) is 0. The van der Waals surface area contributed by atoms with Crippen LogP contribution in [0.3, 0.4) is 0 Å². The van der Waals surface area contributed by atoms with Gasteiger partial charge in [0.2, 0.25) is 0 Å². The number of pyridine rings is 1. The van der Waals surface area contributed by atoms with Crippen molar-refractivity contribution in [2.24, 2.45) is 5.84 Å². The lowest BCUT2D eigenvalue weighted by atomic mass is 10.2. The van der Waals surface area contributed by atoms with Crippen LogP contribution in [0.4, 0.5) is 5.82 Å². The molecule has 0 bridgehead atoms. The predicted octanol–water partition coefficient (Wildman–Crippen LogP) is 2.34. The van der Waals surface area contributed by atoms with E-state index in [1.54, 1.807) is 6.20 Å². The number of rotatable bonds is 6. The third kappa shape index (κ3) is 3.59. The van der Waals surface area contributed by atoms with E-state index in [1.807, 2.05) is 43.3 Å². The maximum absolute atomic E-state index is 5.71. The van der Waals surface area contributed by atoms with Crippen LogP contribution < -0.4 is 20.7 Å².